The fraction of sp³-hybridized carbons (Fsp3) is 0.692. The molecule has 1 aromatic rings. The number of nitrogens with one attached hydrogen (secondary N) is 1. The van der Waals surface area contributed by atoms with Gasteiger partial charge in [0, 0.05) is 25.7 Å². The molecule has 1 N–H and O–H groups in total. The van der Waals surface area contributed by atoms with Crippen LogP contribution in [0.5, 0.6) is 0 Å². The summed E-state index contributed by atoms with van der Waals surface area (Å²) in [6.45, 7) is 6.46. The fourth-order valence-electron chi connectivity index (χ4n) is 2.37. The molecule has 1 saturated heterocycles. The van der Waals surface area contributed by atoms with Crippen molar-refractivity contribution in [1.29, 1.82) is 0 Å². The summed E-state index contributed by atoms with van der Waals surface area (Å²) in [6, 6.07) is 0.453. The minimum atomic E-state index is -0.194. The van der Waals surface area contributed by atoms with Crippen LogP contribution in [0, 0.1) is 5.92 Å². The summed E-state index contributed by atoms with van der Waals surface area (Å²) < 4.78 is 1.45. The van der Waals surface area contributed by atoms with Crippen molar-refractivity contribution in [3.63, 3.8) is 0 Å². The van der Waals surface area contributed by atoms with Crippen molar-refractivity contribution >= 4 is 17.3 Å². The lowest BCUT2D eigenvalue weighted by Gasteiger charge is -2.20. The summed E-state index contributed by atoms with van der Waals surface area (Å²) in [5, 5.41) is 7.76. The molecule has 1 aliphatic rings. The third kappa shape index (κ3) is 3.09. The molecular weight excluding hydrogens is 264 g/mol. The fourth-order valence-corrected chi connectivity index (χ4v) is 2.63. The molecule has 0 aromatic carbocycles. The van der Waals surface area contributed by atoms with Crippen LogP contribution in [0.2, 0.25) is 5.02 Å². The summed E-state index contributed by atoms with van der Waals surface area (Å²) in [6.07, 6.45) is 2.77. The van der Waals surface area contributed by atoms with Gasteiger partial charge < -0.3 is 10.2 Å². The first-order valence-corrected chi connectivity index (χ1v) is 7.08. The topological polar surface area (TPSA) is 50.2 Å². The Balaban J connectivity index is 2.24. The largest absolute Gasteiger partial charge is 0.367 e. The maximum Gasteiger partial charge on any atom is 0.287 e. The van der Waals surface area contributed by atoms with Gasteiger partial charge in [0.05, 0.1) is 11.9 Å². The average Bonchev–Trinajstić information content (AvgIpc) is 2.83. The number of hydrogen-bond donors (Lipinski definition) is 1. The van der Waals surface area contributed by atoms with Gasteiger partial charge in [-0.2, -0.15) is 5.10 Å². The molecule has 6 heteroatoms. The number of anilines is 1. The van der Waals surface area contributed by atoms with Crippen LogP contribution in [-0.2, 0) is 6.54 Å². The second-order valence-corrected chi connectivity index (χ2v) is 5.82. The van der Waals surface area contributed by atoms with Gasteiger partial charge in [0.25, 0.3) is 5.56 Å². The molecule has 0 aliphatic carbocycles. The summed E-state index contributed by atoms with van der Waals surface area (Å²) >= 11 is 6.22. The first kappa shape index (κ1) is 14.3. The number of aromatic nitrogens is 2. The van der Waals surface area contributed by atoms with E-state index >= 15 is 0 Å². The van der Waals surface area contributed by atoms with Gasteiger partial charge in [-0.15, -0.1) is 0 Å². The van der Waals surface area contributed by atoms with Gasteiger partial charge in [0.1, 0.15) is 5.02 Å². The van der Waals surface area contributed by atoms with E-state index in [2.05, 4.69) is 15.3 Å². The van der Waals surface area contributed by atoms with Crippen LogP contribution in [-0.4, -0.2) is 36.0 Å². The summed E-state index contributed by atoms with van der Waals surface area (Å²) in [4.78, 5) is 14.3. The monoisotopic (exact) mass is 284 g/mol. The van der Waals surface area contributed by atoms with E-state index in [1.807, 2.05) is 20.9 Å². The van der Waals surface area contributed by atoms with E-state index < -0.39 is 0 Å². The van der Waals surface area contributed by atoms with Gasteiger partial charge in [-0.3, -0.25) is 4.79 Å². The van der Waals surface area contributed by atoms with Crippen LogP contribution >= 0.6 is 11.6 Å². The Labute approximate surface area is 118 Å². The van der Waals surface area contributed by atoms with Crippen molar-refractivity contribution in [3.8, 4) is 0 Å². The van der Waals surface area contributed by atoms with Crippen molar-refractivity contribution in [1.82, 2.24) is 15.1 Å². The summed E-state index contributed by atoms with van der Waals surface area (Å²) in [5.41, 5.74) is 0.560. The van der Waals surface area contributed by atoms with E-state index in [0.717, 1.165) is 25.2 Å². The molecule has 0 saturated carbocycles. The van der Waals surface area contributed by atoms with Crippen LogP contribution in [0.3, 0.4) is 0 Å². The van der Waals surface area contributed by atoms with E-state index in [1.165, 1.54) is 4.68 Å². The minimum absolute atomic E-state index is 0.194. The highest BCUT2D eigenvalue weighted by molar-refractivity contribution is 6.33. The van der Waals surface area contributed by atoms with Gasteiger partial charge in [-0.1, -0.05) is 25.4 Å². The van der Waals surface area contributed by atoms with Gasteiger partial charge in [0.15, 0.2) is 0 Å². The third-order valence-corrected chi connectivity index (χ3v) is 3.80. The zero-order valence-corrected chi connectivity index (χ0v) is 12.4. The van der Waals surface area contributed by atoms with Crippen LogP contribution in [0.4, 0.5) is 5.69 Å². The van der Waals surface area contributed by atoms with E-state index in [1.54, 1.807) is 6.20 Å². The summed E-state index contributed by atoms with van der Waals surface area (Å²) in [5.74, 6) is 0.368. The maximum atomic E-state index is 12.2. The zero-order chi connectivity index (χ0) is 14.0. The van der Waals surface area contributed by atoms with Crippen molar-refractivity contribution in [2.75, 3.05) is 25.0 Å². The smallest absolute Gasteiger partial charge is 0.287 e. The molecule has 2 rings (SSSR count). The van der Waals surface area contributed by atoms with E-state index in [-0.39, 0.29) is 10.6 Å². The molecule has 1 aliphatic heterocycles. The van der Waals surface area contributed by atoms with Crippen LogP contribution in [0.25, 0.3) is 0 Å². The zero-order valence-electron chi connectivity index (χ0n) is 11.7. The molecule has 1 fully saturated rings. The van der Waals surface area contributed by atoms with E-state index in [4.69, 9.17) is 11.6 Å². The molecule has 0 spiro atoms. The predicted molar refractivity (Wildman–Crippen MR) is 78.0 cm³/mol. The van der Waals surface area contributed by atoms with Crippen molar-refractivity contribution in [2.24, 2.45) is 5.92 Å². The van der Waals surface area contributed by atoms with Gasteiger partial charge >= 0.3 is 0 Å². The van der Waals surface area contributed by atoms with E-state index in [9.17, 15) is 4.79 Å². The SMILES string of the molecule is CNC1CCN(c2cnn(CC(C)C)c(=O)c2Cl)C1. The van der Waals surface area contributed by atoms with Crippen LogP contribution < -0.4 is 15.8 Å². The molecule has 0 amide bonds. The molecule has 0 radical (unpaired) electrons. The number of hydrogen-bond acceptors (Lipinski definition) is 4. The number of likely N-dealkylation sites (N-methyl/N-ethyl adjacent to an activating group) is 1. The molecule has 1 unspecified atom stereocenters. The molecule has 5 nitrogen and oxygen atoms in total. The van der Waals surface area contributed by atoms with Crippen molar-refractivity contribution < 1.29 is 0 Å². The Kier molecular flexibility index (Phi) is 4.47. The first-order valence-electron chi connectivity index (χ1n) is 6.70. The lowest BCUT2D eigenvalue weighted by atomic mass is 10.2. The highest BCUT2D eigenvalue weighted by atomic mass is 35.5. The molecular formula is C13H21ClN4O. The number of rotatable bonds is 4. The van der Waals surface area contributed by atoms with Crippen molar-refractivity contribution in [3.05, 3.63) is 21.6 Å². The predicted octanol–water partition coefficient (Wildman–Crippen LogP) is 1.35. The molecule has 106 valence electrons. The minimum Gasteiger partial charge on any atom is -0.367 e. The summed E-state index contributed by atoms with van der Waals surface area (Å²) in [7, 11) is 1.95. The van der Waals surface area contributed by atoms with E-state index in [0.29, 0.717) is 18.5 Å². The Hall–Kier alpha value is -1.07. The number of halogens is 1. The maximum absolute atomic E-state index is 12.2. The Morgan fingerprint density at radius 2 is 2.32 bits per heavy atom. The second-order valence-electron chi connectivity index (χ2n) is 5.45. The molecule has 0 bridgehead atoms. The molecule has 1 aromatic heterocycles. The Morgan fingerprint density at radius 1 is 1.58 bits per heavy atom. The molecule has 19 heavy (non-hydrogen) atoms. The Bertz CT molecular complexity index is 500. The standard InChI is InChI=1S/C13H21ClN4O/c1-9(2)7-18-13(19)12(14)11(6-16-18)17-5-4-10(8-17)15-3/h6,9-10,15H,4-5,7-8H2,1-3H3. The average molecular weight is 285 g/mol. The lowest BCUT2D eigenvalue weighted by molar-refractivity contribution is 0.463. The van der Waals surface area contributed by atoms with Crippen LogP contribution in [0.1, 0.15) is 20.3 Å². The Morgan fingerprint density at radius 3 is 2.89 bits per heavy atom. The molecule has 2 heterocycles. The first-order chi connectivity index (χ1) is 9.02. The van der Waals surface area contributed by atoms with Gasteiger partial charge in [-0.05, 0) is 19.4 Å². The molecule has 1 atom stereocenters. The van der Waals surface area contributed by atoms with Gasteiger partial charge in [0.2, 0.25) is 0 Å². The third-order valence-electron chi connectivity index (χ3n) is 3.44. The van der Waals surface area contributed by atoms with Gasteiger partial charge in [-0.25, -0.2) is 4.68 Å². The quantitative estimate of drug-likeness (QED) is 0.907. The number of nitrogens with zero attached hydrogens (tertiary/aromatic N) is 3. The second kappa shape index (κ2) is 5.92. The van der Waals surface area contributed by atoms with Crippen molar-refractivity contribution in [2.45, 2.75) is 32.9 Å². The normalized spacial score (nSPS) is 19.4. The highest BCUT2D eigenvalue weighted by Gasteiger charge is 2.24. The lowest BCUT2D eigenvalue weighted by Crippen LogP contribution is -2.32. The highest BCUT2D eigenvalue weighted by Crippen LogP contribution is 2.25. The van der Waals surface area contributed by atoms with Crippen LogP contribution in [0.15, 0.2) is 11.0 Å².